The topological polar surface area (TPSA) is 98.3 Å². The molecule has 0 radical (unpaired) electrons. The average Bonchev–Trinajstić information content (AvgIpc) is 3.02. The summed E-state index contributed by atoms with van der Waals surface area (Å²) in [4.78, 5) is 24.1. The van der Waals surface area contributed by atoms with E-state index in [0.717, 1.165) is 11.3 Å². The Morgan fingerprint density at radius 1 is 1.32 bits per heavy atom. The second kappa shape index (κ2) is 6.75. The van der Waals surface area contributed by atoms with Gasteiger partial charge in [-0.2, -0.15) is 5.10 Å². The van der Waals surface area contributed by atoms with E-state index in [1.807, 2.05) is 18.2 Å². The summed E-state index contributed by atoms with van der Waals surface area (Å²) in [6, 6.07) is 8.80. The van der Waals surface area contributed by atoms with E-state index in [4.69, 9.17) is 5.11 Å². The van der Waals surface area contributed by atoms with Gasteiger partial charge in [-0.15, -0.1) is 0 Å². The van der Waals surface area contributed by atoms with Crippen LogP contribution >= 0.6 is 0 Å². The number of carbonyl (C=O) groups is 2. The molecule has 0 saturated carbocycles. The Hall–Kier alpha value is -2.83. The Kier molecular flexibility index (Phi) is 4.77. The first-order valence-electron chi connectivity index (χ1n) is 6.82. The second-order valence-corrected chi connectivity index (χ2v) is 5.10. The number of nitrogens with zero attached hydrogens (tertiary/aromatic N) is 2. The summed E-state index contributed by atoms with van der Waals surface area (Å²) in [6.45, 7) is 1.71. The number of aromatic amines is 1. The monoisotopic (exact) mass is 302 g/mol. The third-order valence-electron chi connectivity index (χ3n) is 3.26. The van der Waals surface area contributed by atoms with Crippen LogP contribution in [0.3, 0.4) is 0 Å². The number of H-pyrrole nitrogens is 1. The van der Waals surface area contributed by atoms with Crippen molar-refractivity contribution in [3.8, 4) is 11.3 Å². The number of aliphatic carboxylic acids is 1. The molecule has 0 bridgehead atoms. The normalized spacial score (nSPS) is 11.7. The number of carbonyl (C=O) groups excluding carboxylic acids is 1. The maximum absolute atomic E-state index is 12.0. The lowest BCUT2D eigenvalue weighted by molar-refractivity contribution is -0.141. The van der Waals surface area contributed by atoms with Gasteiger partial charge in [0.2, 0.25) is 0 Å². The molecule has 0 spiro atoms. The Morgan fingerprint density at radius 3 is 2.55 bits per heavy atom. The molecule has 0 aliphatic carbocycles. The van der Waals surface area contributed by atoms with Crippen LogP contribution < -0.4 is 5.32 Å². The number of nitrogens with one attached hydrogen (secondary N) is 2. The predicted molar refractivity (Wildman–Crippen MR) is 82.5 cm³/mol. The molecule has 1 aromatic heterocycles. The van der Waals surface area contributed by atoms with Crippen LogP contribution in [0.1, 0.15) is 6.92 Å². The minimum atomic E-state index is -0.927. The quantitative estimate of drug-likeness (QED) is 0.789. The average molecular weight is 302 g/mol. The second-order valence-electron chi connectivity index (χ2n) is 5.10. The molecule has 7 nitrogen and oxygen atoms in total. The molecule has 0 aliphatic rings. The number of benzene rings is 1. The van der Waals surface area contributed by atoms with Gasteiger partial charge in [0.25, 0.3) is 0 Å². The van der Waals surface area contributed by atoms with E-state index in [9.17, 15) is 9.59 Å². The lowest BCUT2D eigenvalue weighted by atomic mass is 10.1. The highest BCUT2D eigenvalue weighted by Crippen LogP contribution is 2.19. The van der Waals surface area contributed by atoms with Crippen LogP contribution in [0.25, 0.3) is 11.3 Å². The van der Waals surface area contributed by atoms with Gasteiger partial charge in [0.1, 0.15) is 0 Å². The maximum Gasteiger partial charge on any atom is 0.321 e. The van der Waals surface area contributed by atoms with E-state index < -0.39 is 11.9 Å². The van der Waals surface area contributed by atoms with Crippen molar-refractivity contribution in [2.24, 2.45) is 5.92 Å². The third-order valence-corrected chi connectivity index (χ3v) is 3.26. The van der Waals surface area contributed by atoms with Gasteiger partial charge >= 0.3 is 12.0 Å². The first kappa shape index (κ1) is 15.6. The number of anilines is 1. The first-order valence-corrected chi connectivity index (χ1v) is 6.82. The van der Waals surface area contributed by atoms with Crippen LogP contribution in [0, 0.1) is 5.92 Å². The van der Waals surface area contributed by atoms with Crippen molar-refractivity contribution in [2.45, 2.75) is 6.92 Å². The third kappa shape index (κ3) is 3.85. The van der Waals surface area contributed by atoms with Crippen LogP contribution in [-0.4, -0.2) is 45.8 Å². The van der Waals surface area contributed by atoms with Crippen LogP contribution in [0.4, 0.5) is 10.5 Å². The Balaban J connectivity index is 1.95. The summed E-state index contributed by atoms with van der Waals surface area (Å²) in [5, 5.41) is 18.3. The highest BCUT2D eigenvalue weighted by Gasteiger charge is 2.17. The molecule has 1 unspecified atom stereocenters. The van der Waals surface area contributed by atoms with E-state index in [2.05, 4.69) is 15.5 Å². The van der Waals surface area contributed by atoms with Crippen molar-refractivity contribution >= 4 is 17.7 Å². The minimum Gasteiger partial charge on any atom is -0.481 e. The van der Waals surface area contributed by atoms with Crippen LogP contribution in [0.5, 0.6) is 0 Å². The van der Waals surface area contributed by atoms with Crippen molar-refractivity contribution in [3.63, 3.8) is 0 Å². The van der Waals surface area contributed by atoms with Crippen LogP contribution in [0.15, 0.2) is 36.5 Å². The highest BCUT2D eigenvalue weighted by molar-refractivity contribution is 5.89. The van der Waals surface area contributed by atoms with Crippen molar-refractivity contribution < 1.29 is 14.7 Å². The first-order chi connectivity index (χ1) is 10.5. The van der Waals surface area contributed by atoms with Gasteiger partial charge < -0.3 is 15.3 Å². The minimum absolute atomic E-state index is 0.146. The molecule has 0 fully saturated rings. The smallest absolute Gasteiger partial charge is 0.321 e. The summed E-state index contributed by atoms with van der Waals surface area (Å²) in [5.41, 5.74) is 2.50. The molecule has 1 heterocycles. The van der Waals surface area contributed by atoms with E-state index in [1.54, 1.807) is 32.3 Å². The number of aromatic nitrogens is 2. The molecule has 1 aromatic carbocycles. The Labute approximate surface area is 128 Å². The van der Waals surface area contributed by atoms with E-state index in [-0.39, 0.29) is 12.6 Å². The summed E-state index contributed by atoms with van der Waals surface area (Å²) in [7, 11) is 1.56. The molecule has 0 saturated heterocycles. The van der Waals surface area contributed by atoms with Crippen molar-refractivity contribution in [2.75, 3.05) is 18.9 Å². The molecule has 2 rings (SSSR count). The van der Waals surface area contributed by atoms with Gasteiger partial charge in [0.05, 0.1) is 11.6 Å². The lowest BCUT2D eigenvalue weighted by Gasteiger charge is -2.20. The van der Waals surface area contributed by atoms with Crippen molar-refractivity contribution in [3.05, 3.63) is 36.5 Å². The fourth-order valence-corrected chi connectivity index (χ4v) is 1.94. The standard InChI is InChI=1S/C15H18N4O3/c1-10(14(20)21)9-19(2)15(22)17-12-5-3-11(4-6-12)13-7-8-16-18-13/h3-8,10H,9H2,1-2H3,(H,16,18)(H,17,22)(H,20,21). The number of carboxylic acid groups (broad SMARTS) is 1. The highest BCUT2D eigenvalue weighted by atomic mass is 16.4. The fourth-order valence-electron chi connectivity index (χ4n) is 1.94. The van der Waals surface area contributed by atoms with Gasteiger partial charge in [-0.3, -0.25) is 9.89 Å². The zero-order chi connectivity index (χ0) is 16.1. The molecule has 7 heteroatoms. The summed E-state index contributed by atoms with van der Waals surface area (Å²) < 4.78 is 0. The number of carboxylic acids is 1. The molecule has 22 heavy (non-hydrogen) atoms. The van der Waals surface area contributed by atoms with E-state index in [1.165, 1.54) is 4.90 Å². The largest absolute Gasteiger partial charge is 0.481 e. The lowest BCUT2D eigenvalue weighted by Crippen LogP contribution is -2.36. The Bertz CT molecular complexity index is 637. The summed E-state index contributed by atoms with van der Waals surface area (Å²) >= 11 is 0. The zero-order valence-electron chi connectivity index (χ0n) is 12.4. The molecule has 1 atom stereocenters. The molecular formula is C15H18N4O3. The number of hydrogen-bond donors (Lipinski definition) is 3. The van der Waals surface area contributed by atoms with Gasteiger partial charge in [-0.05, 0) is 23.8 Å². The van der Waals surface area contributed by atoms with E-state index in [0.29, 0.717) is 5.69 Å². The SMILES string of the molecule is CC(CN(C)C(=O)Nc1ccc(-c2ccn[nH]2)cc1)C(=O)O. The summed E-state index contributed by atoms with van der Waals surface area (Å²) in [6.07, 6.45) is 1.67. The molecule has 2 aromatic rings. The number of hydrogen-bond acceptors (Lipinski definition) is 3. The predicted octanol–water partition coefficient (Wildman–Crippen LogP) is 2.26. The van der Waals surface area contributed by atoms with Gasteiger partial charge in [0.15, 0.2) is 0 Å². The molecule has 0 aliphatic heterocycles. The molecular weight excluding hydrogens is 284 g/mol. The van der Waals surface area contributed by atoms with Gasteiger partial charge in [0, 0.05) is 25.5 Å². The zero-order valence-corrected chi connectivity index (χ0v) is 12.4. The number of amides is 2. The van der Waals surface area contributed by atoms with E-state index >= 15 is 0 Å². The van der Waals surface area contributed by atoms with Gasteiger partial charge in [-0.25, -0.2) is 4.79 Å². The summed E-state index contributed by atoms with van der Waals surface area (Å²) in [5.74, 6) is -1.54. The molecule has 3 N–H and O–H groups in total. The Morgan fingerprint density at radius 2 is 2.00 bits per heavy atom. The maximum atomic E-state index is 12.0. The van der Waals surface area contributed by atoms with Crippen molar-refractivity contribution in [1.82, 2.24) is 15.1 Å². The number of rotatable bonds is 5. The van der Waals surface area contributed by atoms with Crippen molar-refractivity contribution in [1.29, 1.82) is 0 Å². The van der Waals surface area contributed by atoms with Crippen LogP contribution in [-0.2, 0) is 4.79 Å². The molecule has 2 amide bonds. The molecule has 116 valence electrons. The number of urea groups is 1. The van der Waals surface area contributed by atoms with Gasteiger partial charge in [-0.1, -0.05) is 19.1 Å². The fraction of sp³-hybridized carbons (Fsp3) is 0.267. The van der Waals surface area contributed by atoms with Crippen LogP contribution in [0.2, 0.25) is 0 Å².